The van der Waals surface area contributed by atoms with Crippen molar-refractivity contribution in [1.82, 2.24) is 9.78 Å². The quantitative estimate of drug-likeness (QED) is 0.776. The van der Waals surface area contributed by atoms with Crippen molar-refractivity contribution in [2.45, 2.75) is 13.8 Å². The summed E-state index contributed by atoms with van der Waals surface area (Å²) >= 11 is 5.86. The molecule has 1 amide bonds. The molecule has 23 heavy (non-hydrogen) atoms. The molecule has 5 heteroatoms. The molecule has 1 heterocycles. The Morgan fingerprint density at radius 3 is 2.35 bits per heavy atom. The van der Waals surface area contributed by atoms with Gasteiger partial charge >= 0.3 is 0 Å². The second-order valence-electron chi connectivity index (χ2n) is 5.25. The molecule has 0 unspecified atom stereocenters. The van der Waals surface area contributed by atoms with Crippen LogP contribution in [0.25, 0.3) is 5.69 Å². The maximum atomic E-state index is 12.6. The Hall–Kier alpha value is -2.59. The molecule has 0 spiro atoms. The second-order valence-corrected chi connectivity index (χ2v) is 5.69. The number of halogens is 1. The Balaban J connectivity index is 1.92. The van der Waals surface area contributed by atoms with Gasteiger partial charge in [-0.1, -0.05) is 29.8 Å². The molecule has 0 radical (unpaired) electrons. The zero-order valence-electron chi connectivity index (χ0n) is 12.9. The lowest BCUT2D eigenvalue weighted by Crippen LogP contribution is -2.14. The van der Waals surface area contributed by atoms with E-state index in [2.05, 4.69) is 10.4 Å². The fraction of sp³-hybridized carbons (Fsp3) is 0.111. The first-order valence-corrected chi connectivity index (χ1v) is 7.62. The maximum absolute atomic E-state index is 12.6. The third-order valence-corrected chi connectivity index (χ3v) is 3.87. The number of nitrogens with zero attached hydrogens (tertiary/aromatic N) is 2. The molecule has 0 fully saturated rings. The Labute approximate surface area is 139 Å². The van der Waals surface area contributed by atoms with Gasteiger partial charge in [-0.05, 0) is 50.2 Å². The van der Waals surface area contributed by atoms with Crippen molar-refractivity contribution >= 4 is 23.2 Å². The van der Waals surface area contributed by atoms with Crippen molar-refractivity contribution in [3.05, 3.63) is 76.6 Å². The molecule has 3 rings (SSSR count). The summed E-state index contributed by atoms with van der Waals surface area (Å²) < 4.78 is 1.78. The van der Waals surface area contributed by atoms with Crippen LogP contribution in [0.4, 0.5) is 5.69 Å². The van der Waals surface area contributed by atoms with Gasteiger partial charge in [0.15, 0.2) is 0 Å². The predicted molar refractivity (Wildman–Crippen MR) is 92.4 cm³/mol. The summed E-state index contributed by atoms with van der Waals surface area (Å²) in [7, 11) is 0. The third-order valence-electron chi connectivity index (χ3n) is 3.62. The summed E-state index contributed by atoms with van der Waals surface area (Å²) in [6.45, 7) is 3.73. The van der Waals surface area contributed by atoms with Gasteiger partial charge in [-0.15, -0.1) is 0 Å². The van der Waals surface area contributed by atoms with Gasteiger partial charge in [0.05, 0.1) is 22.6 Å². The van der Waals surface area contributed by atoms with Crippen LogP contribution in [0.15, 0.2) is 54.6 Å². The number of hydrogen-bond donors (Lipinski definition) is 1. The number of nitrogens with one attached hydrogen (secondary N) is 1. The molecule has 1 N–H and O–H groups in total. The molecule has 0 aliphatic rings. The van der Waals surface area contributed by atoms with Crippen LogP contribution in [0.5, 0.6) is 0 Å². The van der Waals surface area contributed by atoms with Crippen molar-refractivity contribution in [3.63, 3.8) is 0 Å². The predicted octanol–water partition coefficient (Wildman–Crippen LogP) is 4.39. The van der Waals surface area contributed by atoms with Crippen molar-refractivity contribution < 1.29 is 4.79 Å². The highest BCUT2D eigenvalue weighted by atomic mass is 35.5. The summed E-state index contributed by atoms with van der Waals surface area (Å²) in [5, 5.41) is 8.00. The summed E-state index contributed by atoms with van der Waals surface area (Å²) in [4.78, 5) is 12.6. The van der Waals surface area contributed by atoms with Gasteiger partial charge < -0.3 is 5.32 Å². The van der Waals surface area contributed by atoms with Crippen LogP contribution in [0.3, 0.4) is 0 Å². The van der Waals surface area contributed by atoms with Crippen molar-refractivity contribution in [1.29, 1.82) is 0 Å². The lowest BCUT2D eigenvalue weighted by Gasteiger charge is -2.07. The molecule has 0 aliphatic heterocycles. The summed E-state index contributed by atoms with van der Waals surface area (Å²) in [5.74, 6) is -0.176. The van der Waals surface area contributed by atoms with E-state index >= 15 is 0 Å². The summed E-state index contributed by atoms with van der Waals surface area (Å²) in [6, 6.07) is 16.8. The van der Waals surface area contributed by atoms with E-state index in [1.165, 1.54) is 0 Å². The van der Waals surface area contributed by atoms with Gasteiger partial charge in [0, 0.05) is 10.7 Å². The Morgan fingerprint density at radius 2 is 1.70 bits per heavy atom. The minimum atomic E-state index is -0.176. The van der Waals surface area contributed by atoms with E-state index in [0.717, 1.165) is 11.4 Å². The number of rotatable bonds is 3. The second kappa shape index (κ2) is 6.26. The fourth-order valence-electron chi connectivity index (χ4n) is 2.52. The van der Waals surface area contributed by atoms with Crippen molar-refractivity contribution in [2.24, 2.45) is 0 Å². The number of benzene rings is 2. The highest BCUT2D eigenvalue weighted by Crippen LogP contribution is 2.20. The zero-order valence-corrected chi connectivity index (χ0v) is 13.6. The van der Waals surface area contributed by atoms with E-state index in [1.807, 2.05) is 44.2 Å². The maximum Gasteiger partial charge on any atom is 0.259 e. The van der Waals surface area contributed by atoms with E-state index in [0.29, 0.717) is 22.0 Å². The highest BCUT2D eigenvalue weighted by Gasteiger charge is 2.19. The standard InChI is InChI=1S/C18H16ClN3O/c1-12-17(18(23)20-15-10-8-14(19)9-11-15)13(2)22(21-12)16-6-4-3-5-7-16/h3-11H,1-2H3,(H,20,23). The Bertz CT molecular complexity index is 839. The van der Waals surface area contributed by atoms with Gasteiger partial charge in [0.2, 0.25) is 0 Å². The number of carbonyl (C=O) groups excluding carboxylic acids is 1. The molecule has 2 aromatic carbocycles. The lowest BCUT2D eigenvalue weighted by molar-refractivity contribution is 0.102. The first kappa shape index (κ1) is 15.3. The number of carbonyl (C=O) groups is 1. The highest BCUT2D eigenvalue weighted by molar-refractivity contribution is 6.30. The number of amides is 1. The van der Waals surface area contributed by atoms with Crippen LogP contribution in [0.1, 0.15) is 21.7 Å². The zero-order chi connectivity index (χ0) is 16.4. The molecule has 3 aromatic rings. The summed E-state index contributed by atoms with van der Waals surface area (Å²) in [5.41, 5.74) is 3.71. The molecule has 0 saturated carbocycles. The number of aryl methyl sites for hydroxylation is 1. The minimum absolute atomic E-state index is 0.176. The Morgan fingerprint density at radius 1 is 1.04 bits per heavy atom. The molecule has 4 nitrogen and oxygen atoms in total. The summed E-state index contributed by atoms with van der Waals surface area (Å²) in [6.07, 6.45) is 0. The SMILES string of the molecule is Cc1nn(-c2ccccc2)c(C)c1C(=O)Nc1ccc(Cl)cc1. The normalized spacial score (nSPS) is 10.6. The van der Waals surface area contributed by atoms with Crippen LogP contribution in [-0.4, -0.2) is 15.7 Å². The largest absolute Gasteiger partial charge is 0.322 e. The third kappa shape index (κ3) is 3.12. The molecule has 0 aliphatic carbocycles. The van der Waals surface area contributed by atoms with E-state index < -0.39 is 0 Å². The molecular formula is C18H16ClN3O. The smallest absolute Gasteiger partial charge is 0.259 e. The van der Waals surface area contributed by atoms with Crippen LogP contribution in [0, 0.1) is 13.8 Å². The van der Waals surface area contributed by atoms with Crippen LogP contribution < -0.4 is 5.32 Å². The molecule has 0 saturated heterocycles. The number of para-hydroxylation sites is 1. The minimum Gasteiger partial charge on any atom is -0.322 e. The van der Waals surface area contributed by atoms with E-state index in [-0.39, 0.29) is 5.91 Å². The van der Waals surface area contributed by atoms with Crippen molar-refractivity contribution in [2.75, 3.05) is 5.32 Å². The lowest BCUT2D eigenvalue weighted by atomic mass is 10.1. The van der Waals surface area contributed by atoms with Gasteiger partial charge in [-0.2, -0.15) is 5.10 Å². The molecule has 0 atom stereocenters. The van der Waals surface area contributed by atoms with E-state index in [4.69, 9.17) is 11.6 Å². The average Bonchev–Trinajstić information content (AvgIpc) is 2.85. The average molecular weight is 326 g/mol. The van der Waals surface area contributed by atoms with Gasteiger partial charge in [-0.3, -0.25) is 4.79 Å². The van der Waals surface area contributed by atoms with Gasteiger partial charge in [0.1, 0.15) is 0 Å². The molecular weight excluding hydrogens is 310 g/mol. The first-order valence-electron chi connectivity index (χ1n) is 7.25. The van der Waals surface area contributed by atoms with Crippen LogP contribution >= 0.6 is 11.6 Å². The fourth-order valence-corrected chi connectivity index (χ4v) is 2.64. The topological polar surface area (TPSA) is 46.9 Å². The van der Waals surface area contributed by atoms with E-state index in [1.54, 1.807) is 28.9 Å². The number of anilines is 1. The monoisotopic (exact) mass is 325 g/mol. The van der Waals surface area contributed by atoms with E-state index in [9.17, 15) is 4.79 Å². The van der Waals surface area contributed by atoms with Crippen molar-refractivity contribution in [3.8, 4) is 5.69 Å². The Kier molecular flexibility index (Phi) is 4.17. The number of hydrogen-bond acceptors (Lipinski definition) is 2. The molecule has 0 bridgehead atoms. The van der Waals surface area contributed by atoms with Crippen LogP contribution in [-0.2, 0) is 0 Å². The number of aromatic nitrogens is 2. The van der Waals surface area contributed by atoms with Gasteiger partial charge in [0.25, 0.3) is 5.91 Å². The van der Waals surface area contributed by atoms with Gasteiger partial charge in [-0.25, -0.2) is 4.68 Å². The van der Waals surface area contributed by atoms with Crippen LogP contribution in [0.2, 0.25) is 5.02 Å². The first-order chi connectivity index (χ1) is 11.1. The molecule has 1 aromatic heterocycles. The molecule has 116 valence electrons.